The number of aliphatic imine (C=N–C) groups is 1. The van der Waals surface area contributed by atoms with E-state index in [0.717, 1.165) is 44.2 Å². The van der Waals surface area contributed by atoms with Gasteiger partial charge in [-0.3, -0.25) is 4.99 Å². The lowest BCUT2D eigenvalue weighted by atomic mass is 9.57. The fourth-order valence-corrected chi connectivity index (χ4v) is 5.05. The third-order valence-electron chi connectivity index (χ3n) is 6.56. The number of anilines is 1. The Balaban J connectivity index is 0.00000225. The highest BCUT2D eigenvalue weighted by atomic mass is 127. The van der Waals surface area contributed by atoms with Gasteiger partial charge in [0.1, 0.15) is 5.75 Å². The molecule has 1 aliphatic carbocycles. The minimum Gasteiger partial charge on any atom is -0.497 e. The van der Waals surface area contributed by atoms with Gasteiger partial charge >= 0.3 is 0 Å². The lowest BCUT2D eigenvalue weighted by Gasteiger charge is -2.55. The molecule has 1 aromatic carbocycles. The average molecular weight is 500 g/mol. The molecule has 28 heavy (non-hydrogen) atoms. The van der Waals surface area contributed by atoms with Crippen molar-refractivity contribution >= 4 is 35.6 Å². The van der Waals surface area contributed by atoms with Crippen molar-refractivity contribution in [2.45, 2.75) is 44.9 Å². The van der Waals surface area contributed by atoms with E-state index in [4.69, 9.17) is 9.47 Å². The maximum absolute atomic E-state index is 5.91. The van der Waals surface area contributed by atoms with Gasteiger partial charge < -0.3 is 25.0 Å². The average Bonchev–Trinajstić information content (AvgIpc) is 3.33. The highest BCUT2D eigenvalue weighted by molar-refractivity contribution is 14.0. The Morgan fingerprint density at radius 3 is 2.86 bits per heavy atom. The Labute approximate surface area is 185 Å². The molecule has 2 aliphatic heterocycles. The van der Waals surface area contributed by atoms with E-state index in [1.165, 1.54) is 5.69 Å². The van der Waals surface area contributed by atoms with E-state index in [9.17, 15) is 0 Å². The van der Waals surface area contributed by atoms with Gasteiger partial charge in [0.15, 0.2) is 5.96 Å². The Bertz CT molecular complexity index is 711. The van der Waals surface area contributed by atoms with Crippen molar-refractivity contribution in [2.24, 2.45) is 16.3 Å². The van der Waals surface area contributed by atoms with Crippen molar-refractivity contribution in [3.8, 4) is 5.75 Å². The zero-order valence-corrected chi connectivity index (χ0v) is 19.6. The van der Waals surface area contributed by atoms with Crippen molar-refractivity contribution in [1.29, 1.82) is 0 Å². The van der Waals surface area contributed by atoms with Crippen LogP contribution in [0, 0.1) is 11.3 Å². The van der Waals surface area contributed by atoms with E-state index < -0.39 is 0 Å². The number of halogens is 1. The predicted molar refractivity (Wildman–Crippen MR) is 124 cm³/mol. The van der Waals surface area contributed by atoms with Crippen molar-refractivity contribution in [3.05, 3.63) is 24.3 Å². The molecule has 0 radical (unpaired) electrons. The van der Waals surface area contributed by atoms with E-state index >= 15 is 0 Å². The molecule has 3 fully saturated rings. The minimum absolute atomic E-state index is 0. The SMILES string of the molecule is CN=C(NC1CCN(c2cccc(OC)c2)C1)NC1C2CCOC2C1(C)C.I. The molecular formula is C21H33IN4O2. The maximum atomic E-state index is 5.91. The fraction of sp³-hybridized carbons (Fsp3) is 0.667. The maximum Gasteiger partial charge on any atom is 0.191 e. The number of hydrogen-bond acceptors (Lipinski definition) is 4. The van der Waals surface area contributed by atoms with Crippen molar-refractivity contribution < 1.29 is 9.47 Å². The Morgan fingerprint density at radius 2 is 2.11 bits per heavy atom. The Hall–Kier alpha value is -1.22. The van der Waals surface area contributed by atoms with E-state index in [0.29, 0.717) is 24.1 Å². The van der Waals surface area contributed by atoms with Crippen LogP contribution in [-0.2, 0) is 4.74 Å². The summed E-state index contributed by atoms with van der Waals surface area (Å²) in [5.41, 5.74) is 1.37. The summed E-state index contributed by atoms with van der Waals surface area (Å²) in [7, 11) is 3.57. The molecule has 4 atom stereocenters. The summed E-state index contributed by atoms with van der Waals surface area (Å²) in [5, 5.41) is 7.32. The smallest absolute Gasteiger partial charge is 0.191 e. The molecular weight excluding hydrogens is 467 g/mol. The highest BCUT2D eigenvalue weighted by Gasteiger charge is 2.59. The van der Waals surface area contributed by atoms with E-state index in [1.807, 2.05) is 19.2 Å². The standard InChI is InChI=1S/C21H32N4O2.HI/c1-21(2)18(17-9-11-27-19(17)21)24-20(22-3)23-14-8-10-25(13-14)15-6-5-7-16(12-15)26-4;/h5-7,12,14,17-19H,8-11,13H2,1-4H3,(H2,22,23,24);1H. The van der Waals surface area contributed by atoms with Gasteiger partial charge in [0.25, 0.3) is 0 Å². The van der Waals surface area contributed by atoms with Gasteiger partial charge in [0.05, 0.1) is 13.2 Å². The Morgan fingerprint density at radius 1 is 1.29 bits per heavy atom. The van der Waals surface area contributed by atoms with Gasteiger partial charge in [0.2, 0.25) is 0 Å². The summed E-state index contributed by atoms with van der Waals surface area (Å²) in [6.07, 6.45) is 2.64. The first-order valence-electron chi connectivity index (χ1n) is 10.0. The molecule has 156 valence electrons. The summed E-state index contributed by atoms with van der Waals surface area (Å²) < 4.78 is 11.3. The summed E-state index contributed by atoms with van der Waals surface area (Å²) in [4.78, 5) is 6.90. The van der Waals surface area contributed by atoms with Crippen LogP contribution in [0.3, 0.4) is 0 Å². The molecule has 0 bridgehead atoms. The zero-order valence-electron chi connectivity index (χ0n) is 17.3. The van der Waals surface area contributed by atoms with Gasteiger partial charge in [0, 0.05) is 61.9 Å². The van der Waals surface area contributed by atoms with Crippen LogP contribution in [0.2, 0.25) is 0 Å². The number of hydrogen-bond donors (Lipinski definition) is 2. The first-order chi connectivity index (χ1) is 13.0. The molecule has 3 aliphatic rings. The second-order valence-corrected chi connectivity index (χ2v) is 8.54. The van der Waals surface area contributed by atoms with E-state index in [1.54, 1.807) is 7.11 Å². The molecule has 0 spiro atoms. The number of methoxy groups -OCH3 is 1. The number of ether oxygens (including phenoxy) is 2. The molecule has 1 aromatic rings. The van der Waals surface area contributed by atoms with Crippen LogP contribution in [0.1, 0.15) is 26.7 Å². The molecule has 0 aromatic heterocycles. The van der Waals surface area contributed by atoms with Crippen molar-refractivity contribution in [3.63, 3.8) is 0 Å². The third-order valence-corrected chi connectivity index (χ3v) is 6.56. The number of rotatable bonds is 4. The fourth-order valence-electron chi connectivity index (χ4n) is 5.05. The molecule has 0 amide bonds. The van der Waals surface area contributed by atoms with Crippen LogP contribution in [0.4, 0.5) is 5.69 Å². The van der Waals surface area contributed by atoms with Gasteiger partial charge in [-0.2, -0.15) is 0 Å². The molecule has 2 N–H and O–H groups in total. The number of fused-ring (bicyclic) bond motifs is 1. The van der Waals surface area contributed by atoms with Gasteiger partial charge in [-0.05, 0) is 25.0 Å². The van der Waals surface area contributed by atoms with E-state index in [-0.39, 0.29) is 29.4 Å². The van der Waals surface area contributed by atoms with Gasteiger partial charge in [-0.25, -0.2) is 0 Å². The normalized spacial score (nSPS) is 30.9. The minimum atomic E-state index is 0. The molecule has 4 unspecified atom stereocenters. The molecule has 1 saturated carbocycles. The van der Waals surface area contributed by atoms with Gasteiger partial charge in [-0.15, -0.1) is 24.0 Å². The summed E-state index contributed by atoms with van der Waals surface area (Å²) in [6, 6.07) is 9.10. The second-order valence-electron chi connectivity index (χ2n) is 8.54. The molecule has 4 rings (SSSR count). The summed E-state index contributed by atoms with van der Waals surface area (Å²) >= 11 is 0. The van der Waals surface area contributed by atoms with E-state index in [2.05, 4.69) is 46.5 Å². The molecule has 2 saturated heterocycles. The first kappa shape index (κ1) is 21.5. The highest BCUT2D eigenvalue weighted by Crippen LogP contribution is 2.52. The Kier molecular flexibility index (Phi) is 6.64. The molecule has 6 nitrogen and oxygen atoms in total. The van der Waals surface area contributed by atoms with Crippen LogP contribution in [0.25, 0.3) is 0 Å². The predicted octanol–water partition coefficient (Wildman–Crippen LogP) is 2.87. The number of nitrogens with zero attached hydrogens (tertiary/aromatic N) is 2. The summed E-state index contributed by atoms with van der Waals surface area (Å²) in [5.74, 6) is 2.42. The largest absolute Gasteiger partial charge is 0.497 e. The van der Waals surface area contributed by atoms with Crippen molar-refractivity contribution in [2.75, 3.05) is 38.8 Å². The first-order valence-corrected chi connectivity index (χ1v) is 10.0. The number of nitrogens with one attached hydrogen (secondary N) is 2. The summed E-state index contributed by atoms with van der Waals surface area (Å²) in [6.45, 7) is 7.49. The quantitative estimate of drug-likeness (QED) is 0.379. The van der Waals surface area contributed by atoms with Crippen molar-refractivity contribution in [1.82, 2.24) is 10.6 Å². The molecule has 7 heteroatoms. The lowest BCUT2D eigenvalue weighted by molar-refractivity contribution is -0.106. The van der Waals surface area contributed by atoms with Crippen LogP contribution in [0.5, 0.6) is 5.75 Å². The third kappa shape index (κ3) is 3.92. The zero-order chi connectivity index (χ0) is 19.0. The second kappa shape index (κ2) is 8.65. The van der Waals surface area contributed by atoms with Crippen LogP contribution in [0.15, 0.2) is 29.3 Å². The monoisotopic (exact) mass is 500 g/mol. The van der Waals surface area contributed by atoms with Gasteiger partial charge in [-0.1, -0.05) is 19.9 Å². The molecule has 2 heterocycles. The number of guanidine groups is 1. The number of benzene rings is 1. The van der Waals surface area contributed by atoms with Crippen LogP contribution < -0.4 is 20.3 Å². The topological polar surface area (TPSA) is 58.1 Å². The van der Waals surface area contributed by atoms with Crippen LogP contribution in [-0.4, -0.2) is 58.0 Å². The van der Waals surface area contributed by atoms with Crippen LogP contribution >= 0.6 is 24.0 Å². The lowest BCUT2D eigenvalue weighted by Crippen LogP contribution is -2.68.